The lowest BCUT2D eigenvalue weighted by molar-refractivity contribution is -0.713. The highest BCUT2D eigenvalue weighted by Gasteiger charge is 2.45. The molecule has 1 aromatic carbocycles. The van der Waals surface area contributed by atoms with E-state index in [1.165, 1.54) is 23.9 Å². The molecule has 0 bridgehead atoms. The molecule has 2 unspecified atom stereocenters. The summed E-state index contributed by atoms with van der Waals surface area (Å²) in [5.74, 6) is -1.29. The van der Waals surface area contributed by atoms with Crippen molar-refractivity contribution in [2.24, 2.45) is 0 Å². The Balaban J connectivity index is 1.72. The van der Waals surface area contributed by atoms with Gasteiger partial charge < -0.3 is 14.2 Å². The molecule has 0 N–H and O–H groups in total. The van der Waals surface area contributed by atoms with Crippen molar-refractivity contribution in [1.29, 1.82) is 0 Å². The molecule has 1 aliphatic rings. The van der Waals surface area contributed by atoms with Gasteiger partial charge in [0.2, 0.25) is 5.79 Å². The van der Waals surface area contributed by atoms with Crippen molar-refractivity contribution in [2.45, 2.75) is 51.0 Å². The lowest BCUT2D eigenvalue weighted by Crippen LogP contribution is -2.35. The van der Waals surface area contributed by atoms with Crippen molar-refractivity contribution < 1.29 is 24.1 Å². The van der Waals surface area contributed by atoms with Crippen LogP contribution in [0.25, 0.3) is 0 Å². The first-order valence-corrected chi connectivity index (χ1v) is 10.7. The number of nitrogens with zero attached hydrogens (tertiary/aromatic N) is 4. The molecule has 0 saturated carbocycles. The number of ether oxygens (including phenoxy) is 3. The largest absolute Gasteiger partial charge is 0.379 e. The van der Waals surface area contributed by atoms with Gasteiger partial charge in [0, 0.05) is 17.2 Å². The van der Waals surface area contributed by atoms with E-state index in [1.54, 1.807) is 18.2 Å². The summed E-state index contributed by atoms with van der Waals surface area (Å²) in [6, 6.07) is 4.58. The Hall–Kier alpha value is -1.98. The van der Waals surface area contributed by atoms with Gasteiger partial charge in [-0.15, -0.1) is 15.2 Å². The summed E-state index contributed by atoms with van der Waals surface area (Å²) in [6.07, 6.45) is 5.44. The van der Waals surface area contributed by atoms with Crippen LogP contribution in [0.3, 0.4) is 0 Å². The highest BCUT2D eigenvalue weighted by Crippen LogP contribution is 2.40. The third-order valence-electron chi connectivity index (χ3n) is 4.69. The molecule has 10 nitrogen and oxygen atoms in total. The van der Waals surface area contributed by atoms with Gasteiger partial charge in [0.25, 0.3) is 0 Å². The number of hydrogen-bond donors (Lipinski definition) is 0. The maximum absolute atomic E-state index is 10.5. The number of rotatable bonds is 12. The van der Waals surface area contributed by atoms with Crippen LogP contribution in [-0.4, -0.2) is 45.8 Å². The Kier molecular flexibility index (Phi) is 8.44. The molecule has 0 spiro atoms. The number of unbranched alkanes of at least 4 members (excludes halogenated alkanes) is 3. The zero-order valence-electron chi connectivity index (χ0n) is 17.0. The Morgan fingerprint density at radius 1 is 1.35 bits per heavy atom. The highest BCUT2D eigenvalue weighted by molar-refractivity contribution is 6.35. The molecule has 170 valence electrons. The molecule has 31 heavy (non-hydrogen) atoms. The maximum atomic E-state index is 10.5. The summed E-state index contributed by atoms with van der Waals surface area (Å²) in [6.45, 7) is 3.50. The molecule has 1 saturated heterocycles. The molecule has 0 radical (unpaired) electrons. The predicted octanol–water partition coefficient (Wildman–Crippen LogP) is 4.02. The monoisotopic (exact) mass is 474 g/mol. The van der Waals surface area contributed by atoms with Gasteiger partial charge in [-0.1, -0.05) is 55.5 Å². The van der Waals surface area contributed by atoms with Gasteiger partial charge in [0.05, 0.1) is 18.2 Å². The molecule has 0 amide bonds. The van der Waals surface area contributed by atoms with Crippen LogP contribution in [0.1, 0.15) is 38.2 Å². The van der Waals surface area contributed by atoms with Gasteiger partial charge in [0.1, 0.15) is 19.0 Å². The van der Waals surface area contributed by atoms with E-state index in [2.05, 4.69) is 21.8 Å². The minimum Gasteiger partial charge on any atom is -0.379 e. The van der Waals surface area contributed by atoms with E-state index in [1.807, 2.05) is 0 Å². The minimum atomic E-state index is -1.29. The van der Waals surface area contributed by atoms with E-state index in [0.29, 0.717) is 28.8 Å². The number of benzene rings is 1. The second-order valence-corrected chi connectivity index (χ2v) is 7.95. The summed E-state index contributed by atoms with van der Waals surface area (Å²) in [5, 5.41) is 14.3. The Labute approximate surface area is 189 Å². The molecule has 2 heterocycles. The van der Waals surface area contributed by atoms with Crippen LogP contribution in [0.4, 0.5) is 0 Å². The summed E-state index contributed by atoms with van der Waals surface area (Å²) in [7, 11) is 0. The van der Waals surface area contributed by atoms with Gasteiger partial charge >= 0.3 is 11.1 Å². The first kappa shape index (κ1) is 23.7. The molecule has 2 aromatic rings. The van der Waals surface area contributed by atoms with E-state index in [9.17, 15) is 10.1 Å². The maximum Gasteiger partial charge on any atom is 0.327 e. The van der Waals surface area contributed by atoms with Gasteiger partial charge in [-0.05, 0) is 18.6 Å². The van der Waals surface area contributed by atoms with Crippen molar-refractivity contribution in [2.75, 3.05) is 19.8 Å². The third-order valence-corrected chi connectivity index (χ3v) is 5.24. The Morgan fingerprint density at radius 2 is 2.19 bits per heavy atom. The smallest absolute Gasteiger partial charge is 0.327 e. The summed E-state index contributed by atoms with van der Waals surface area (Å²) in [5.41, 5.74) is 0.552. The average Bonchev–Trinajstić information content (AvgIpc) is 3.31. The molecule has 1 aromatic heterocycles. The van der Waals surface area contributed by atoms with E-state index < -0.39 is 16.9 Å². The van der Waals surface area contributed by atoms with Crippen LogP contribution >= 0.6 is 23.2 Å². The molecule has 12 heteroatoms. The van der Waals surface area contributed by atoms with Crippen molar-refractivity contribution in [3.05, 3.63) is 50.2 Å². The van der Waals surface area contributed by atoms with Gasteiger partial charge in [-0.3, -0.25) is 0 Å². The van der Waals surface area contributed by atoms with Crippen LogP contribution in [0.2, 0.25) is 10.0 Å². The molecular formula is C19H24Cl2N4O6. The lowest BCUT2D eigenvalue weighted by atomic mass is 10.1. The topological polar surface area (TPSA) is 111 Å². The second-order valence-electron chi connectivity index (χ2n) is 7.10. The van der Waals surface area contributed by atoms with E-state index >= 15 is 0 Å². The summed E-state index contributed by atoms with van der Waals surface area (Å²) >= 11 is 12.5. The molecule has 3 rings (SSSR count). The van der Waals surface area contributed by atoms with Crippen molar-refractivity contribution >= 4 is 23.2 Å². The Bertz CT molecular complexity index is 883. The first-order chi connectivity index (χ1) is 14.9. The number of hydrogen-bond acceptors (Lipinski definition) is 8. The third kappa shape index (κ3) is 6.50. The van der Waals surface area contributed by atoms with Crippen molar-refractivity contribution in [3.63, 3.8) is 0 Å². The van der Waals surface area contributed by atoms with E-state index in [4.69, 9.17) is 37.4 Å². The second kappa shape index (κ2) is 11.1. The summed E-state index contributed by atoms with van der Waals surface area (Å²) < 4.78 is 19.4. The van der Waals surface area contributed by atoms with Crippen LogP contribution in [-0.2, 0) is 26.5 Å². The van der Waals surface area contributed by atoms with Crippen molar-refractivity contribution in [1.82, 2.24) is 14.8 Å². The number of halogens is 2. The SMILES string of the molecule is CCCCCCOCC1COC(Cn2cnc(O[N+](=O)[O-])n2)(c2ccc(Cl)cc2Cl)O1. The first-order valence-electron chi connectivity index (χ1n) is 9.98. The zero-order chi connectivity index (χ0) is 22.3. The van der Waals surface area contributed by atoms with Crippen LogP contribution < -0.4 is 4.84 Å². The van der Waals surface area contributed by atoms with Gasteiger partial charge in [0.15, 0.2) is 0 Å². The van der Waals surface area contributed by atoms with E-state index in [-0.39, 0.29) is 19.3 Å². The predicted molar refractivity (Wildman–Crippen MR) is 112 cm³/mol. The fourth-order valence-electron chi connectivity index (χ4n) is 3.28. The average molecular weight is 475 g/mol. The van der Waals surface area contributed by atoms with Crippen molar-refractivity contribution in [3.8, 4) is 6.01 Å². The highest BCUT2D eigenvalue weighted by atomic mass is 35.5. The zero-order valence-corrected chi connectivity index (χ0v) is 18.5. The molecular weight excluding hydrogens is 451 g/mol. The molecule has 2 atom stereocenters. The van der Waals surface area contributed by atoms with Crippen LogP contribution in [0.5, 0.6) is 6.01 Å². The minimum absolute atomic E-state index is 0.0371. The Morgan fingerprint density at radius 3 is 2.94 bits per heavy atom. The number of aromatic nitrogens is 3. The molecule has 0 aliphatic carbocycles. The summed E-state index contributed by atoms with van der Waals surface area (Å²) in [4.78, 5) is 18.6. The molecule has 1 fully saturated rings. The van der Waals surface area contributed by atoms with Gasteiger partial charge in [-0.25, -0.2) is 9.52 Å². The lowest BCUT2D eigenvalue weighted by Gasteiger charge is -2.29. The fourth-order valence-corrected chi connectivity index (χ4v) is 3.83. The van der Waals surface area contributed by atoms with Crippen LogP contribution in [0, 0.1) is 10.1 Å². The van der Waals surface area contributed by atoms with E-state index in [0.717, 1.165) is 12.8 Å². The van der Waals surface area contributed by atoms with Gasteiger partial charge in [-0.2, -0.15) is 4.98 Å². The fraction of sp³-hybridized carbons (Fsp3) is 0.579. The quantitative estimate of drug-likeness (QED) is 0.257. The molecule has 1 aliphatic heterocycles. The normalized spacial score (nSPS) is 20.8. The standard InChI is InChI=1S/C19H24Cl2N4O6/c1-2-3-4-5-8-28-10-15-11-29-19(30-15,16-7-6-14(20)9-17(16)21)12-24-13-22-18(23-24)31-25(26)27/h6-7,9,13,15H,2-5,8,10-12H2,1H3. The van der Waals surface area contributed by atoms with Crippen LogP contribution in [0.15, 0.2) is 24.5 Å².